The molecule has 0 saturated heterocycles. The molecule has 23 heavy (non-hydrogen) atoms. The summed E-state index contributed by atoms with van der Waals surface area (Å²) in [6.07, 6.45) is 3.22. The number of halogens is 1. The van der Waals surface area contributed by atoms with Crippen LogP contribution in [0.2, 0.25) is 5.15 Å². The monoisotopic (exact) mass is 331 g/mol. The lowest BCUT2D eigenvalue weighted by Gasteiger charge is -2.38. The van der Waals surface area contributed by atoms with E-state index in [2.05, 4.69) is 19.9 Å². The van der Waals surface area contributed by atoms with Crippen LogP contribution in [0.15, 0.2) is 24.3 Å². The van der Waals surface area contributed by atoms with E-state index in [0.717, 1.165) is 35.6 Å². The predicted octanol–water partition coefficient (Wildman–Crippen LogP) is 4.29. The minimum absolute atomic E-state index is 0.0697. The second kappa shape index (κ2) is 5.79. The smallest absolute Gasteiger partial charge is 0.146 e. The number of aryl methyl sites for hydroxylation is 1. The van der Waals surface area contributed by atoms with Crippen LogP contribution in [0.3, 0.4) is 0 Å². The van der Waals surface area contributed by atoms with E-state index in [0.29, 0.717) is 11.6 Å². The lowest BCUT2D eigenvalue weighted by atomic mass is 9.64. The summed E-state index contributed by atoms with van der Waals surface area (Å²) >= 11 is 6.64. The van der Waals surface area contributed by atoms with Crippen molar-refractivity contribution in [3.05, 3.63) is 35.0 Å². The molecule has 1 aliphatic rings. The zero-order chi connectivity index (χ0) is 16.8. The SMILES string of the molecule is Cn1c(Cl)c(C(C)(C)C2CCCC(C=O)C2=O)c2ccccc21. The first-order valence-corrected chi connectivity index (χ1v) is 8.49. The average molecular weight is 332 g/mol. The van der Waals surface area contributed by atoms with E-state index in [9.17, 15) is 9.59 Å². The van der Waals surface area contributed by atoms with Gasteiger partial charge in [-0.05, 0) is 18.9 Å². The van der Waals surface area contributed by atoms with Gasteiger partial charge in [-0.2, -0.15) is 0 Å². The van der Waals surface area contributed by atoms with Crippen molar-refractivity contribution in [1.29, 1.82) is 0 Å². The molecule has 2 aromatic rings. The minimum atomic E-state index is -0.457. The van der Waals surface area contributed by atoms with Crippen LogP contribution in [0.4, 0.5) is 0 Å². The Morgan fingerprint density at radius 3 is 2.65 bits per heavy atom. The van der Waals surface area contributed by atoms with Crippen molar-refractivity contribution in [3.63, 3.8) is 0 Å². The van der Waals surface area contributed by atoms with Crippen LogP contribution in [0.25, 0.3) is 10.9 Å². The molecule has 1 aliphatic carbocycles. The molecule has 1 fully saturated rings. The molecule has 0 bridgehead atoms. The molecule has 3 nitrogen and oxygen atoms in total. The number of carbonyl (C=O) groups is 2. The molecule has 0 radical (unpaired) electrons. The lowest BCUT2D eigenvalue weighted by molar-refractivity contribution is -0.134. The fraction of sp³-hybridized carbons (Fsp3) is 0.474. The first-order chi connectivity index (χ1) is 10.9. The number of benzene rings is 1. The Morgan fingerprint density at radius 1 is 1.26 bits per heavy atom. The van der Waals surface area contributed by atoms with Gasteiger partial charge in [0.25, 0.3) is 0 Å². The van der Waals surface area contributed by atoms with E-state index in [4.69, 9.17) is 11.6 Å². The first-order valence-electron chi connectivity index (χ1n) is 8.12. The summed E-state index contributed by atoms with van der Waals surface area (Å²) in [7, 11) is 1.95. The Morgan fingerprint density at radius 2 is 1.96 bits per heavy atom. The zero-order valence-electron chi connectivity index (χ0n) is 13.8. The fourth-order valence-corrected chi connectivity index (χ4v) is 4.52. The molecule has 1 saturated carbocycles. The summed E-state index contributed by atoms with van der Waals surface area (Å²) in [6.45, 7) is 4.16. The number of carbonyl (C=O) groups excluding carboxylic acids is 2. The van der Waals surface area contributed by atoms with Gasteiger partial charge in [-0.1, -0.05) is 50.1 Å². The molecule has 0 spiro atoms. The van der Waals surface area contributed by atoms with E-state index >= 15 is 0 Å². The highest BCUT2D eigenvalue weighted by molar-refractivity contribution is 6.32. The van der Waals surface area contributed by atoms with Crippen LogP contribution in [-0.4, -0.2) is 16.6 Å². The third kappa shape index (κ3) is 2.42. The van der Waals surface area contributed by atoms with Gasteiger partial charge in [-0.3, -0.25) is 4.79 Å². The topological polar surface area (TPSA) is 39.1 Å². The fourth-order valence-electron chi connectivity index (χ4n) is 4.09. The van der Waals surface area contributed by atoms with E-state index in [1.807, 2.05) is 29.8 Å². The summed E-state index contributed by atoms with van der Waals surface area (Å²) in [5.74, 6) is -0.559. The number of rotatable bonds is 3. The Hall–Kier alpha value is -1.61. The van der Waals surface area contributed by atoms with Crippen molar-refractivity contribution in [2.75, 3.05) is 0 Å². The average Bonchev–Trinajstić information content (AvgIpc) is 2.80. The second-order valence-corrected chi connectivity index (χ2v) is 7.45. The van der Waals surface area contributed by atoms with Crippen molar-refractivity contribution in [3.8, 4) is 0 Å². The number of fused-ring (bicyclic) bond motifs is 1. The van der Waals surface area contributed by atoms with Gasteiger partial charge < -0.3 is 9.36 Å². The lowest BCUT2D eigenvalue weighted by Crippen LogP contribution is -2.41. The van der Waals surface area contributed by atoms with Crippen LogP contribution in [-0.2, 0) is 22.1 Å². The van der Waals surface area contributed by atoms with Crippen molar-refractivity contribution >= 4 is 34.6 Å². The molecule has 4 heteroatoms. The summed E-state index contributed by atoms with van der Waals surface area (Å²) in [5, 5.41) is 1.77. The summed E-state index contributed by atoms with van der Waals surface area (Å²) < 4.78 is 1.97. The molecule has 0 amide bonds. The minimum Gasteiger partial charge on any atom is -0.334 e. The maximum absolute atomic E-state index is 12.7. The number of nitrogens with zero attached hydrogens (tertiary/aromatic N) is 1. The number of hydrogen-bond donors (Lipinski definition) is 0. The number of aldehydes is 1. The molecule has 2 atom stereocenters. The highest BCUT2D eigenvalue weighted by Crippen LogP contribution is 2.46. The van der Waals surface area contributed by atoms with Crippen molar-refractivity contribution in [2.24, 2.45) is 18.9 Å². The summed E-state index contributed by atoms with van der Waals surface area (Å²) in [5.41, 5.74) is 1.68. The molecule has 1 aromatic heterocycles. The van der Waals surface area contributed by atoms with Gasteiger partial charge in [0.2, 0.25) is 0 Å². The van der Waals surface area contributed by atoms with Gasteiger partial charge in [-0.15, -0.1) is 0 Å². The van der Waals surface area contributed by atoms with Gasteiger partial charge in [0.15, 0.2) is 0 Å². The molecule has 0 aliphatic heterocycles. The maximum Gasteiger partial charge on any atom is 0.146 e. The predicted molar refractivity (Wildman–Crippen MR) is 92.9 cm³/mol. The molecule has 3 rings (SSSR count). The number of para-hydroxylation sites is 1. The van der Waals surface area contributed by atoms with Gasteiger partial charge >= 0.3 is 0 Å². The van der Waals surface area contributed by atoms with Crippen LogP contribution >= 0.6 is 11.6 Å². The number of hydrogen-bond acceptors (Lipinski definition) is 2. The van der Waals surface area contributed by atoms with Crippen molar-refractivity contribution < 1.29 is 9.59 Å². The molecule has 1 heterocycles. The summed E-state index contributed by atoms with van der Waals surface area (Å²) in [6, 6.07) is 8.08. The van der Waals surface area contributed by atoms with Crippen LogP contribution in [0.5, 0.6) is 0 Å². The maximum atomic E-state index is 12.7. The standard InChI is InChI=1S/C19H22ClNO2/c1-19(2,14-9-6-7-12(11-22)17(14)23)16-13-8-4-5-10-15(13)21(3)18(16)20/h4-5,8,10-12,14H,6-7,9H2,1-3H3. The molecule has 2 unspecified atom stereocenters. The Balaban J connectivity index is 2.15. The van der Waals surface area contributed by atoms with Gasteiger partial charge in [0.05, 0.1) is 5.92 Å². The first kappa shape index (κ1) is 16.3. The normalized spacial score (nSPS) is 22.5. The Kier molecular flexibility index (Phi) is 4.09. The van der Waals surface area contributed by atoms with Crippen molar-refractivity contribution in [2.45, 2.75) is 38.5 Å². The van der Waals surface area contributed by atoms with Crippen LogP contribution < -0.4 is 0 Å². The molecular formula is C19H22ClNO2. The van der Waals surface area contributed by atoms with Gasteiger partial charge in [-0.25, -0.2) is 0 Å². The van der Waals surface area contributed by atoms with Gasteiger partial charge in [0, 0.05) is 34.8 Å². The van der Waals surface area contributed by atoms with E-state index in [1.54, 1.807) is 0 Å². The molecule has 0 N–H and O–H groups in total. The quantitative estimate of drug-likeness (QED) is 0.621. The van der Waals surface area contributed by atoms with Gasteiger partial charge in [0.1, 0.15) is 17.2 Å². The second-order valence-electron chi connectivity index (χ2n) is 7.09. The Labute approximate surface area is 141 Å². The third-order valence-corrected chi connectivity index (χ3v) is 5.87. The van der Waals surface area contributed by atoms with E-state index in [-0.39, 0.29) is 11.7 Å². The van der Waals surface area contributed by atoms with Crippen LogP contribution in [0.1, 0.15) is 38.7 Å². The summed E-state index contributed by atoms with van der Waals surface area (Å²) in [4.78, 5) is 24.0. The Bertz CT molecular complexity index is 775. The largest absolute Gasteiger partial charge is 0.334 e. The zero-order valence-corrected chi connectivity index (χ0v) is 14.6. The molecular weight excluding hydrogens is 310 g/mol. The van der Waals surface area contributed by atoms with E-state index < -0.39 is 11.3 Å². The van der Waals surface area contributed by atoms with Crippen LogP contribution in [0, 0.1) is 11.8 Å². The highest BCUT2D eigenvalue weighted by Gasteiger charge is 2.43. The molecule has 1 aromatic carbocycles. The van der Waals surface area contributed by atoms with Crippen molar-refractivity contribution in [1.82, 2.24) is 4.57 Å². The molecule has 122 valence electrons. The highest BCUT2D eigenvalue weighted by atomic mass is 35.5. The number of aromatic nitrogens is 1. The van der Waals surface area contributed by atoms with E-state index in [1.165, 1.54) is 0 Å². The number of ketones is 1. The number of Topliss-reactive ketones (excluding diaryl/α,β-unsaturated/α-hetero) is 1. The third-order valence-electron chi connectivity index (χ3n) is 5.43.